The van der Waals surface area contributed by atoms with Crippen molar-refractivity contribution in [1.29, 1.82) is 0 Å². The first-order chi connectivity index (χ1) is 5.90. The van der Waals surface area contributed by atoms with E-state index in [2.05, 4.69) is 0 Å². The van der Waals surface area contributed by atoms with Crippen molar-refractivity contribution in [2.45, 2.75) is 6.10 Å². The molecule has 1 atom stereocenters. The van der Waals surface area contributed by atoms with E-state index in [1.165, 1.54) is 0 Å². The van der Waals surface area contributed by atoms with Crippen molar-refractivity contribution in [2.75, 3.05) is 13.2 Å². The Hall–Kier alpha value is -1.22. The lowest BCUT2D eigenvalue weighted by Crippen LogP contribution is -2.32. The van der Waals surface area contributed by atoms with E-state index in [-0.39, 0.29) is 12.7 Å². The highest BCUT2D eigenvalue weighted by atomic mass is 16.6. The van der Waals surface area contributed by atoms with Crippen molar-refractivity contribution < 1.29 is 14.6 Å². The Balaban J connectivity index is 2.23. The lowest BCUT2D eigenvalue weighted by molar-refractivity contribution is 0.0456. The van der Waals surface area contributed by atoms with Gasteiger partial charge in [-0.05, 0) is 12.1 Å². The van der Waals surface area contributed by atoms with Crippen molar-refractivity contribution >= 4 is 0 Å². The summed E-state index contributed by atoms with van der Waals surface area (Å²) in [6.07, 6.45) is -0.222. The van der Waals surface area contributed by atoms with Crippen LogP contribution in [-0.2, 0) is 0 Å². The molecule has 1 aliphatic heterocycles. The minimum Gasteiger partial charge on any atom is -0.486 e. The van der Waals surface area contributed by atoms with Gasteiger partial charge in [-0.2, -0.15) is 0 Å². The Morgan fingerprint density at radius 2 is 2.08 bits per heavy atom. The maximum absolute atomic E-state index is 8.81. The summed E-state index contributed by atoms with van der Waals surface area (Å²) < 4.78 is 10.7. The highest BCUT2D eigenvalue weighted by Gasteiger charge is 2.18. The number of hydrogen-bond donors (Lipinski definition) is 1. The SMILES string of the molecule is OC[C@@H]1COc2ccccc2O1. The van der Waals surface area contributed by atoms with E-state index in [4.69, 9.17) is 14.6 Å². The van der Waals surface area contributed by atoms with E-state index in [0.717, 1.165) is 5.75 Å². The molecule has 1 aromatic rings. The quantitative estimate of drug-likeness (QED) is 0.671. The average molecular weight is 166 g/mol. The number of ether oxygens (including phenoxy) is 2. The molecule has 2 rings (SSSR count). The summed E-state index contributed by atoms with van der Waals surface area (Å²) in [4.78, 5) is 0. The molecule has 1 heterocycles. The highest BCUT2D eigenvalue weighted by Crippen LogP contribution is 2.30. The zero-order valence-corrected chi connectivity index (χ0v) is 6.56. The first-order valence-electron chi connectivity index (χ1n) is 3.89. The molecule has 0 amide bonds. The van der Waals surface area contributed by atoms with Crippen LogP contribution in [0.15, 0.2) is 24.3 Å². The smallest absolute Gasteiger partial charge is 0.161 e. The third-order valence-corrected chi connectivity index (χ3v) is 1.77. The molecule has 0 unspecified atom stereocenters. The van der Waals surface area contributed by atoms with Crippen LogP contribution in [0.3, 0.4) is 0 Å². The molecule has 0 saturated carbocycles. The second-order valence-electron chi connectivity index (χ2n) is 2.68. The number of rotatable bonds is 1. The molecule has 1 aromatic carbocycles. The number of benzene rings is 1. The fourth-order valence-corrected chi connectivity index (χ4v) is 1.15. The van der Waals surface area contributed by atoms with Crippen LogP contribution < -0.4 is 9.47 Å². The molecule has 3 heteroatoms. The van der Waals surface area contributed by atoms with E-state index < -0.39 is 0 Å². The second-order valence-corrected chi connectivity index (χ2v) is 2.68. The molecule has 64 valence electrons. The summed E-state index contributed by atoms with van der Waals surface area (Å²) >= 11 is 0. The van der Waals surface area contributed by atoms with Gasteiger partial charge < -0.3 is 14.6 Å². The topological polar surface area (TPSA) is 38.7 Å². The van der Waals surface area contributed by atoms with Gasteiger partial charge in [0.05, 0.1) is 6.61 Å². The van der Waals surface area contributed by atoms with Crippen LogP contribution in [0.4, 0.5) is 0 Å². The van der Waals surface area contributed by atoms with Crippen LogP contribution in [0.5, 0.6) is 11.5 Å². The summed E-state index contributed by atoms with van der Waals surface area (Å²) in [7, 11) is 0. The molecule has 0 bridgehead atoms. The molecule has 1 aliphatic rings. The second kappa shape index (κ2) is 3.03. The van der Waals surface area contributed by atoms with E-state index in [9.17, 15) is 0 Å². The van der Waals surface area contributed by atoms with E-state index >= 15 is 0 Å². The number of aliphatic hydroxyl groups is 1. The van der Waals surface area contributed by atoms with E-state index in [0.29, 0.717) is 12.4 Å². The van der Waals surface area contributed by atoms with Gasteiger partial charge in [0.1, 0.15) is 6.61 Å². The fourth-order valence-electron chi connectivity index (χ4n) is 1.15. The monoisotopic (exact) mass is 166 g/mol. The third kappa shape index (κ3) is 1.23. The Kier molecular flexibility index (Phi) is 1.87. The summed E-state index contributed by atoms with van der Waals surface area (Å²) in [5, 5.41) is 8.81. The first kappa shape index (κ1) is 7.43. The number of aliphatic hydroxyl groups excluding tert-OH is 1. The van der Waals surface area contributed by atoms with Gasteiger partial charge in [0.25, 0.3) is 0 Å². The zero-order chi connectivity index (χ0) is 8.39. The maximum atomic E-state index is 8.81. The van der Waals surface area contributed by atoms with Crippen LogP contribution in [0.2, 0.25) is 0 Å². The lowest BCUT2D eigenvalue weighted by Gasteiger charge is -2.24. The Labute approximate surface area is 70.5 Å². The van der Waals surface area contributed by atoms with Gasteiger partial charge in [-0.15, -0.1) is 0 Å². The molecule has 0 radical (unpaired) electrons. The molecule has 0 spiro atoms. The molecule has 1 N–H and O–H groups in total. The molecule has 0 aromatic heterocycles. The molecule has 0 fully saturated rings. The number of hydrogen-bond acceptors (Lipinski definition) is 3. The number of para-hydroxylation sites is 2. The Morgan fingerprint density at radius 1 is 1.33 bits per heavy atom. The zero-order valence-electron chi connectivity index (χ0n) is 6.56. The van der Waals surface area contributed by atoms with Crippen molar-refractivity contribution in [3.05, 3.63) is 24.3 Å². The van der Waals surface area contributed by atoms with Crippen molar-refractivity contribution in [2.24, 2.45) is 0 Å². The maximum Gasteiger partial charge on any atom is 0.161 e. The Morgan fingerprint density at radius 3 is 2.83 bits per heavy atom. The summed E-state index contributed by atoms with van der Waals surface area (Å²) in [6, 6.07) is 7.45. The lowest BCUT2D eigenvalue weighted by atomic mass is 10.3. The highest BCUT2D eigenvalue weighted by molar-refractivity contribution is 5.40. The first-order valence-corrected chi connectivity index (χ1v) is 3.89. The van der Waals surface area contributed by atoms with Crippen molar-refractivity contribution in [1.82, 2.24) is 0 Å². The molecule has 3 nitrogen and oxygen atoms in total. The van der Waals surface area contributed by atoms with Gasteiger partial charge in [0, 0.05) is 0 Å². The third-order valence-electron chi connectivity index (χ3n) is 1.77. The number of fused-ring (bicyclic) bond motifs is 1. The van der Waals surface area contributed by atoms with Crippen LogP contribution in [0.25, 0.3) is 0 Å². The van der Waals surface area contributed by atoms with Gasteiger partial charge in [-0.25, -0.2) is 0 Å². The van der Waals surface area contributed by atoms with Crippen LogP contribution in [0, 0.1) is 0 Å². The predicted molar refractivity (Wildman–Crippen MR) is 43.4 cm³/mol. The normalized spacial score (nSPS) is 20.6. The standard InChI is InChI=1S/C9H10O3/c10-5-7-6-11-8-3-1-2-4-9(8)12-7/h1-4,7,10H,5-6H2/t7-/m1/s1. The van der Waals surface area contributed by atoms with Crippen LogP contribution in [-0.4, -0.2) is 24.4 Å². The van der Waals surface area contributed by atoms with Gasteiger partial charge >= 0.3 is 0 Å². The van der Waals surface area contributed by atoms with Crippen molar-refractivity contribution in [3.8, 4) is 11.5 Å². The predicted octanol–water partition coefficient (Wildman–Crippen LogP) is 0.819. The van der Waals surface area contributed by atoms with E-state index in [1.807, 2.05) is 24.3 Å². The Bertz CT molecular complexity index is 272. The molecular formula is C9H10O3. The minimum atomic E-state index is -0.222. The van der Waals surface area contributed by atoms with Crippen molar-refractivity contribution in [3.63, 3.8) is 0 Å². The van der Waals surface area contributed by atoms with Gasteiger partial charge in [-0.1, -0.05) is 12.1 Å². The van der Waals surface area contributed by atoms with Gasteiger partial charge in [0.2, 0.25) is 0 Å². The largest absolute Gasteiger partial charge is 0.486 e. The summed E-state index contributed by atoms with van der Waals surface area (Å²) in [5.41, 5.74) is 0. The van der Waals surface area contributed by atoms with E-state index in [1.54, 1.807) is 0 Å². The molecular weight excluding hydrogens is 156 g/mol. The van der Waals surface area contributed by atoms with Gasteiger partial charge in [0.15, 0.2) is 17.6 Å². The molecule has 0 saturated heterocycles. The van der Waals surface area contributed by atoms with Crippen LogP contribution >= 0.6 is 0 Å². The van der Waals surface area contributed by atoms with Gasteiger partial charge in [-0.3, -0.25) is 0 Å². The summed E-state index contributed by atoms with van der Waals surface area (Å²) in [6.45, 7) is 0.418. The summed E-state index contributed by atoms with van der Waals surface area (Å²) in [5.74, 6) is 1.46. The molecule has 0 aliphatic carbocycles. The molecule has 12 heavy (non-hydrogen) atoms. The minimum absolute atomic E-state index is 0.00562. The van der Waals surface area contributed by atoms with Crippen LogP contribution in [0.1, 0.15) is 0 Å². The average Bonchev–Trinajstić information content (AvgIpc) is 2.17. The fraction of sp³-hybridized carbons (Fsp3) is 0.333.